The Labute approximate surface area is 296 Å². The summed E-state index contributed by atoms with van der Waals surface area (Å²) < 4.78 is 65.4. The maximum atomic E-state index is 9.25. The van der Waals surface area contributed by atoms with Crippen LogP contribution in [0.15, 0.2) is 170 Å². The van der Waals surface area contributed by atoms with Gasteiger partial charge in [0.2, 0.25) is 5.95 Å². The van der Waals surface area contributed by atoms with Gasteiger partial charge in [-0.05, 0) is 58.6 Å². The summed E-state index contributed by atoms with van der Waals surface area (Å²) in [7, 11) is 0. The van der Waals surface area contributed by atoms with E-state index in [1.54, 1.807) is 4.57 Å². The lowest BCUT2D eigenvalue weighted by Crippen LogP contribution is -2.03. The van der Waals surface area contributed by atoms with Gasteiger partial charge < -0.3 is 4.57 Å². The molecule has 4 heteroatoms. The van der Waals surface area contributed by atoms with Crippen molar-refractivity contribution in [1.82, 2.24) is 19.1 Å². The maximum Gasteiger partial charge on any atom is 0.235 e. The van der Waals surface area contributed by atoms with Crippen molar-refractivity contribution in [2.24, 2.45) is 0 Å². The molecule has 0 radical (unpaired) electrons. The number of aromatic nitrogens is 4. The zero-order valence-electron chi connectivity index (χ0n) is 33.4. The van der Waals surface area contributed by atoms with Crippen LogP contribution in [0.3, 0.4) is 0 Å². The van der Waals surface area contributed by atoms with Gasteiger partial charge in [-0.3, -0.25) is 4.57 Å². The van der Waals surface area contributed by atoms with E-state index in [-0.39, 0.29) is 28.5 Å². The Morgan fingerprint density at radius 1 is 0.420 bits per heavy atom. The minimum atomic E-state index is -0.489. The summed E-state index contributed by atoms with van der Waals surface area (Å²) in [5.74, 6) is 0.506. The van der Waals surface area contributed by atoms with Crippen LogP contribution in [0.2, 0.25) is 0 Å². The first-order chi connectivity index (χ1) is 27.7. The molecule has 0 spiro atoms. The molecule has 50 heavy (non-hydrogen) atoms. The molecule has 3 heterocycles. The number of hydrogen-bond donors (Lipinski definition) is 0. The Morgan fingerprint density at radius 3 is 1.92 bits per heavy atom. The fourth-order valence-electron chi connectivity index (χ4n) is 7.58. The van der Waals surface area contributed by atoms with Crippen LogP contribution in [0, 0.1) is 0 Å². The fraction of sp³-hybridized carbons (Fsp3) is 0. The first kappa shape index (κ1) is 21.2. The summed E-state index contributed by atoms with van der Waals surface area (Å²) in [6.45, 7) is 0. The Balaban J connectivity index is 1.24. The highest BCUT2D eigenvalue weighted by atomic mass is 15.2. The van der Waals surface area contributed by atoms with Crippen LogP contribution in [-0.4, -0.2) is 19.1 Å². The van der Waals surface area contributed by atoms with E-state index in [1.807, 2.05) is 91.0 Å². The Hall–Kier alpha value is -6.78. The lowest BCUT2D eigenvalue weighted by atomic mass is 10.0. The smallest absolute Gasteiger partial charge is 0.235 e. The second kappa shape index (κ2) is 10.4. The third-order valence-electron chi connectivity index (χ3n) is 9.79. The minimum Gasteiger partial charge on any atom is -0.309 e. The molecule has 232 valence electrons. The van der Waals surface area contributed by atoms with Crippen molar-refractivity contribution < 1.29 is 9.60 Å². The summed E-state index contributed by atoms with van der Waals surface area (Å²) in [6.07, 6.45) is 0. The molecule has 0 N–H and O–H groups in total. The molecule has 0 fully saturated rings. The maximum absolute atomic E-state index is 9.25. The van der Waals surface area contributed by atoms with E-state index >= 15 is 0 Å². The van der Waals surface area contributed by atoms with Gasteiger partial charge in [0.1, 0.15) is 0 Å². The molecule has 3 aromatic heterocycles. The molecular weight excluding hydrogens is 609 g/mol. The monoisotopic (exact) mass is 643 g/mol. The number of hydrogen-bond acceptors (Lipinski definition) is 2. The van der Waals surface area contributed by atoms with E-state index in [4.69, 9.17) is 18.2 Å². The molecule has 0 amide bonds. The second-order valence-corrected chi connectivity index (χ2v) is 12.5. The molecule has 0 unspecified atom stereocenters. The van der Waals surface area contributed by atoms with E-state index in [9.17, 15) is 1.37 Å². The van der Waals surface area contributed by atoms with E-state index in [0.29, 0.717) is 22.7 Å². The van der Waals surface area contributed by atoms with Crippen LogP contribution in [0.1, 0.15) is 9.60 Å². The first-order valence-electron chi connectivity index (χ1n) is 19.9. The van der Waals surface area contributed by atoms with Crippen molar-refractivity contribution in [1.29, 1.82) is 0 Å². The summed E-state index contributed by atoms with van der Waals surface area (Å²) in [5.41, 5.74) is 5.62. The molecular formula is C46H28N4. The molecule has 0 aliphatic carbocycles. The zero-order chi connectivity index (χ0) is 38.9. The number of benzene rings is 8. The molecule has 0 saturated carbocycles. The highest BCUT2D eigenvalue weighted by molar-refractivity contribution is 6.14. The van der Waals surface area contributed by atoms with Crippen LogP contribution in [-0.2, 0) is 0 Å². The lowest BCUT2D eigenvalue weighted by molar-refractivity contribution is 1.01. The topological polar surface area (TPSA) is 35.6 Å². The van der Waals surface area contributed by atoms with Gasteiger partial charge in [0, 0.05) is 37.9 Å². The van der Waals surface area contributed by atoms with Crippen LogP contribution >= 0.6 is 0 Å². The van der Waals surface area contributed by atoms with E-state index in [1.165, 1.54) is 0 Å². The van der Waals surface area contributed by atoms with E-state index in [0.717, 1.165) is 59.8 Å². The van der Waals surface area contributed by atoms with Crippen molar-refractivity contribution in [3.63, 3.8) is 0 Å². The number of fused-ring (bicyclic) bond motifs is 9. The molecule has 0 saturated heterocycles. The van der Waals surface area contributed by atoms with Crippen molar-refractivity contribution >= 4 is 76.1 Å². The molecule has 11 aromatic rings. The van der Waals surface area contributed by atoms with Crippen molar-refractivity contribution in [2.45, 2.75) is 0 Å². The zero-order valence-corrected chi connectivity index (χ0v) is 26.4. The molecule has 0 atom stereocenters. The van der Waals surface area contributed by atoms with Gasteiger partial charge >= 0.3 is 0 Å². The largest absolute Gasteiger partial charge is 0.309 e. The summed E-state index contributed by atoms with van der Waals surface area (Å²) in [6, 6.07) is 39.7. The van der Waals surface area contributed by atoms with Crippen LogP contribution in [0.5, 0.6) is 0 Å². The second-order valence-electron chi connectivity index (χ2n) is 12.5. The highest BCUT2D eigenvalue weighted by Crippen LogP contribution is 2.39. The third kappa shape index (κ3) is 3.87. The van der Waals surface area contributed by atoms with Gasteiger partial charge in [0.25, 0.3) is 0 Å². The van der Waals surface area contributed by atoms with Gasteiger partial charge in [0.15, 0.2) is 0 Å². The van der Waals surface area contributed by atoms with Gasteiger partial charge in [-0.2, -0.15) is 0 Å². The quantitative estimate of drug-likeness (QED) is 0.192. The van der Waals surface area contributed by atoms with E-state index in [2.05, 4.69) is 41.0 Å². The molecule has 0 bridgehead atoms. The predicted molar refractivity (Wildman–Crippen MR) is 209 cm³/mol. The average molecular weight is 644 g/mol. The predicted octanol–water partition coefficient (Wildman–Crippen LogP) is 11.8. The fourth-order valence-corrected chi connectivity index (χ4v) is 7.58. The Kier molecular flexibility index (Phi) is 4.40. The third-order valence-corrected chi connectivity index (χ3v) is 9.79. The molecule has 11 rings (SSSR count). The first-order valence-corrected chi connectivity index (χ1v) is 16.4. The molecule has 0 aliphatic heterocycles. The summed E-state index contributed by atoms with van der Waals surface area (Å²) in [5, 5.41) is 6.90. The van der Waals surface area contributed by atoms with Crippen LogP contribution in [0.4, 0.5) is 0 Å². The van der Waals surface area contributed by atoms with Gasteiger partial charge in [-0.25, -0.2) is 9.97 Å². The normalized spacial score (nSPS) is 14.0. The van der Waals surface area contributed by atoms with Gasteiger partial charge in [-0.1, -0.05) is 127 Å². The van der Waals surface area contributed by atoms with E-state index < -0.39 is 30.2 Å². The van der Waals surface area contributed by atoms with Crippen molar-refractivity contribution in [3.05, 3.63) is 170 Å². The average Bonchev–Trinajstić information content (AvgIpc) is 3.74. The number of para-hydroxylation sites is 3. The van der Waals surface area contributed by atoms with Crippen molar-refractivity contribution in [3.8, 4) is 22.9 Å². The molecule has 4 nitrogen and oxygen atoms in total. The Bertz CT molecular complexity index is 3560. The Morgan fingerprint density at radius 2 is 1.06 bits per heavy atom. The van der Waals surface area contributed by atoms with Crippen LogP contribution < -0.4 is 0 Å². The van der Waals surface area contributed by atoms with Gasteiger partial charge in [0.05, 0.1) is 48.6 Å². The van der Waals surface area contributed by atoms with Crippen molar-refractivity contribution in [2.75, 3.05) is 0 Å². The van der Waals surface area contributed by atoms with Crippen LogP contribution in [0.25, 0.3) is 99.0 Å². The highest BCUT2D eigenvalue weighted by Gasteiger charge is 2.20. The molecule has 0 aliphatic rings. The minimum absolute atomic E-state index is 0.0220. The number of nitrogens with zero attached hydrogens (tertiary/aromatic N) is 4. The standard InChI is InChI=1S/C46H28N4/c1-2-14-31-27-44-38(26-30(31)13-1)35-18-7-10-22-42(35)50(44)46-47-39-20-8-5-19-37(39)45(48-46)32-24-25-36-34-17-6-9-21-41(34)49(43(36)28-32)40-23-11-15-29-12-3-4-16-33(29)40/h1-28H/i3D,4D,11D,12D,15D,16D,23D. The number of rotatable bonds is 3. The van der Waals surface area contributed by atoms with Gasteiger partial charge in [-0.15, -0.1) is 0 Å². The molecule has 8 aromatic carbocycles. The lowest BCUT2D eigenvalue weighted by Gasteiger charge is -2.14. The SMILES string of the molecule is [2H]c1c([2H])c([2H])c2c(-n3c4ccccc4c4ccc(-c5nc(-n6c7ccccc7c7cc8ccccc8cc76)nc6ccccc56)cc43)c([2H])c([2H])c([2H])c2c1[2H]. The summed E-state index contributed by atoms with van der Waals surface area (Å²) >= 11 is 0. The summed E-state index contributed by atoms with van der Waals surface area (Å²) in [4.78, 5) is 10.5.